The third kappa shape index (κ3) is 2.05. The maximum Gasteiger partial charge on any atom is 0.498 e. The molecule has 1 fully saturated rings. The van der Waals surface area contributed by atoms with Gasteiger partial charge in [-0.2, -0.15) is 0 Å². The summed E-state index contributed by atoms with van der Waals surface area (Å²) in [5, 5.41) is 0. The van der Waals surface area contributed by atoms with Crippen molar-refractivity contribution >= 4 is 18.4 Å². The fraction of sp³-hybridized carbons (Fsp3) is 0.583. The van der Waals surface area contributed by atoms with E-state index in [0.717, 1.165) is 5.46 Å². The van der Waals surface area contributed by atoms with Crippen LogP contribution in [0.25, 0.3) is 0 Å². The molecule has 0 bridgehead atoms. The SMILES string of the molecule is CC(=O)c1cc(B2OC(C)(C)C(C)(C)O2)co1. The van der Waals surface area contributed by atoms with Crippen LogP contribution >= 0.6 is 0 Å². The van der Waals surface area contributed by atoms with Gasteiger partial charge in [-0.1, -0.05) is 0 Å². The second kappa shape index (κ2) is 3.72. The molecule has 0 aromatic carbocycles. The highest BCUT2D eigenvalue weighted by molar-refractivity contribution is 6.62. The van der Waals surface area contributed by atoms with E-state index < -0.39 is 7.12 Å². The van der Waals surface area contributed by atoms with Gasteiger partial charge in [-0.25, -0.2) is 0 Å². The maximum absolute atomic E-state index is 11.2. The molecule has 1 aromatic heterocycles. The van der Waals surface area contributed by atoms with Crippen molar-refractivity contribution in [2.24, 2.45) is 0 Å². The average Bonchev–Trinajstić information content (AvgIpc) is 2.70. The zero-order valence-electron chi connectivity index (χ0n) is 10.9. The molecule has 2 heterocycles. The Balaban J connectivity index is 2.23. The van der Waals surface area contributed by atoms with Crippen LogP contribution in [0.2, 0.25) is 0 Å². The second-order valence-electron chi connectivity index (χ2n) is 5.39. The van der Waals surface area contributed by atoms with Gasteiger partial charge in [0.15, 0.2) is 11.5 Å². The summed E-state index contributed by atoms with van der Waals surface area (Å²) in [4.78, 5) is 11.2. The molecule has 4 nitrogen and oxygen atoms in total. The first-order chi connectivity index (χ1) is 7.73. The van der Waals surface area contributed by atoms with Gasteiger partial charge < -0.3 is 13.7 Å². The first kappa shape index (κ1) is 12.4. The van der Waals surface area contributed by atoms with Crippen LogP contribution < -0.4 is 5.46 Å². The summed E-state index contributed by atoms with van der Waals surface area (Å²) in [7, 11) is -0.475. The summed E-state index contributed by atoms with van der Waals surface area (Å²) in [5.41, 5.74) is -0.0229. The molecule has 0 saturated carbocycles. The van der Waals surface area contributed by atoms with E-state index in [4.69, 9.17) is 13.7 Å². The van der Waals surface area contributed by atoms with Crippen molar-refractivity contribution in [3.63, 3.8) is 0 Å². The summed E-state index contributed by atoms with van der Waals surface area (Å²) in [6.07, 6.45) is 1.51. The molecule has 0 aliphatic carbocycles. The van der Waals surface area contributed by atoms with Crippen molar-refractivity contribution in [2.45, 2.75) is 45.8 Å². The third-order valence-corrected chi connectivity index (χ3v) is 3.49. The van der Waals surface area contributed by atoms with E-state index in [1.54, 1.807) is 6.07 Å². The second-order valence-corrected chi connectivity index (χ2v) is 5.39. The number of furan rings is 1. The summed E-state index contributed by atoms with van der Waals surface area (Å²) in [6, 6.07) is 1.67. The van der Waals surface area contributed by atoms with Crippen LogP contribution in [-0.4, -0.2) is 24.1 Å². The standard InChI is InChI=1S/C12H17BO4/c1-8(14)10-6-9(7-15-10)13-16-11(2,3)12(4,5)17-13/h6-7H,1-5H3. The Morgan fingerprint density at radius 1 is 1.18 bits per heavy atom. The summed E-state index contributed by atoms with van der Waals surface area (Å²) in [6.45, 7) is 9.41. The number of ketones is 1. The Bertz CT molecular complexity index is 431. The van der Waals surface area contributed by atoms with E-state index in [-0.39, 0.29) is 17.0 Å². The average molecular weight is 236 g/mol. The molecule has 1 saturated heterocycles. The minimum Gasteiger partial charge on any atom is -0.462 e. The van der Waals surface area contributed by atoms with Crippen molar-refractivity contribution in [3.05, 3.63) is 18.1 Å². The zero-order valence-corrected chi connectivity index (χ0v) is 10.9. The minimum absolute atomic E-state index is 0.104. The summed E-state index contributed by atoms with van der Waals surface area (Å²) in [5.74, 6) is 0.225. The Morgan fingerprint density at radius 2 is 1.71 bits per heavy atom. The monoisotopic (exact) mass is 236 g/mol. The number of Topliss-reactive ketones (excluding diaryl/α,β-unsaturated/α-hetero) is 1. The lowest BCUT2D eigenvalue weighted by Gasteiger charge is -2.32. The van der Waals surface area contributed by atoms with Crippen LogP contribution in [0.4, 0.5) is 0 Å². The van der Waals surface area contributed by atoms with Crippen molar-refractivity contribution in [2.75, 3.05) is 0 Å². The number of carbonyl (C=O) groups excluding carboxylic acids is 1. The predicted octanol–water partition coefficient (Wildman–Crippen LogP) is 1.78. The lowest BCUT2D eigenvalue weighted by atomic mass is 9.81. The molecule has 0 radical (unpaired) electrons. The predicted molar refractivity (Wildman–Crippen MR) is 64.4 cm³/mol. The fourth-order valence-corrected chi connectivity index (χ4v) is 1.64. The summed E-state index contributed by atoms with van der Waals surface area (Å²) < 4.78 is 16.9. The van der Waals surface area contributed by atoms with Gasteiger partial charge >= 0.3 is 7.12 Å². The molecule has 17 heavy (non-hydrogen) atoms. The molecule has 2 rings (SSSR count). The van der Waals surface area contributed by atoms with Crippen LogP contribution in [0, 0.1) is 0 Å². The Hall–Kier alpha value is -1.07. The van der Waals surface area contributed by atoms with Crippen LogP contribution in [0.1, 0.15) is 45.2 Å². The molecule has 0 N–H and O–H groups in total. The largest absolute Gasteiger partial charge is 0.498 e. The highest BCUT2D eigenvalue weighted by atomic mass is 16.7. The lowest BCUT2D eigenvalue weighted by Crippen LogP contribution is -2.41. The molecule has 1 aromatic rings. The van der Waals surface area contributed by atoms with Gasteiger partial charge in [0.1, 0.15) is 0 Å². The van der Waals surface area contributed by atoms with Crippen molar-refractivity contribution in [1.82, 2.24) is 0 Å². The maximum atomic E-state index is 11.2. The molecule has 0 unspecified atom stereocenters. The van der Waals surface area contributed by atoms with Gasteiger partial charge in [-0.15, -0.1) is 0 Å². The quantitative estimate of drug-likeness (QED) is 0.580. The van der Waals surface area contributed by atoms with E-state index in [0.29, 0.717) is 5.76 Å². The van der Waals surface area contributed by atoms with Crippen LogP contribution in [0.5, 0.6) is 0 Å². The molecule has 0 amide bonds. The summed E-state index contributed by atoms with van der Waals surface area (Å²) >= 11 is 0. The lowest BCUT2D eigenvalue weighted by molar-refractivity contribution is 0.00578. The number of carbonyl (C=O) groups is 1. The van der Waals surface area contributed by atoms with E-state index in [1.165, 1.54) is 13.2 Å². The zero-order chi connectivity index (χ0) is 12.8. The first-order valence-corrected chi connectivity index (χ1v) is 5.68. The van der Waals surface area contributed by atoms with E-state index >= 15 is 0 Å². The first-order valence-electron chi connectivity index (χ1n) is 5.68. The van der Waals surface area contributed by atoms with Crippen LogP contribution in [-0.2, 0) is 9.31 Å². The molecule has 1 aliphatic rings. The van der Waals surface area contributed by atoms with Gasteiger partial charge in [0, 0.05) is 12.4 Å². The minimum atomic E-state index is -0.475. The van der Waals surface area contributed by atoms with Gasteiger partial charge in [-0.3, -0.25) is 4.79 Å². The van der Waals surface area contributed by atoms with Crippen LogP contribution in [0.3, 0.4) is 0 Å². The Morgan fingerprint density at radius 3 is 2.12 bits per heavy atom. The molecule has 0 spiro atoms. The van der Waals surface area contributed by atoms with Gasteiger partial charge in [0.2, 0.25) is 0 Å². The Labute approximate surface area is 101 Å². The smallest absolute Gasteiger partial charge is 0.462 e. The fourth-order valence-electron chi connectivity index (χ4n) is 1.64. The molecule has 0 atom stereocenters. The molecule has 1 aliphatic heterocycles. The molecule has 92 valence electrons. The van der Waals surface area contributed by atoms with Gasteiger partial charge in [-0.05, 0) is 33.8 Å². The van der Waals surface area contributed by atoms with E-state index in [9.17, 15) is 4.79 Å². The van der Waals surface area contributed by atoms with Crippen molar-refractivity contribution in [3.8, 4) is 0 Å². The topological polar surface area (TPSA) is 48.7 Å². The highest BCUT2D eigenvalue weighted by Crippen LogP contribution is 2.36. The van der Waals surface area contributed by atoms with Gasteiger partial charge in [0.25, 0.3) is 0 Å². The molecular formula is C12H17BO4. The van der Waals surface area contributed by atoms with Crippen molar-refractivity contribution in [1.29, 1.82) is 0 Å². The molecule has 5 heteroatoms. The van der Waals surface area contributed by atoms with Gasteiger partial charge in [0.05, 0.1) is 17.5 Å². The number of hydrogen-bond acceptors (Lipinski definition) is 4. The van der Waals surface area contributed by atoms with E-state index in [2.05, 4.69) is 0 Å². The highest BCUT2D eigenvalue weighted by Gasteiger charge is 2.52. The van der Waals surface area contributed by atoms with E-state index in [1.807, 2.05) is 27.7 Å². The Kier molecular flexibility index (Phi) is 2.71. The normalized spacial score (nSPS) is 21.8. The molecular weight excluding hydrogens is 219 g/mol. The number of rotatable bonds is 2. The third-order valence-electron chi connectivity index (χ3n) is 3.49. The van der Waals surface area contributed by atoms with Crippen LogP contribution in [0.15, 0.2) is 16.7 Å². The number of hydrogen-bond donors (Lipinski definition) is 0. The van der Waals surface area contributed by atoms with Crippen molar-refractivity contribution < 1.29 is 18.5 Å².